The third kappa shape index (κ3) is 2.80. The number of nitrogens with zero attached hydrogens (tertiary/aromatic N) is 2. The third-order valence-electron chi connectivity index (χ3n) is 3.08. The lowest BCUT2D eigenvalue weighted by Gasteiger charge is -2.10. The number of non-ortho nitro benzene ring substituents is 1. The van der Waals surface area contributed by atoms with Crippen LogP contribution >= 0.6 is 0 Å². The van der Waals surface area contributed by atoms with Crippen LogP contribution in [0, 0.1) is 20.2 Å². The molecular weight excluding hydrogens is 292 g/mol. The van der Waals surface area contributed by atoms with Crippen LogP contribution in [-0.2, 0) is 0 Å². The predicted molar refractivity (Wildman–Crippen MR) is 78.3 cm³/mol. The van der Waals surface area contributed by atoms with Crippen LogP contribution in [0.2, 0.25) is 0 Å². The SMILES string of the molecule is COc1ccc(-c2ccc([N+](=O)[O-])cc2[N+](=O)[O-])cc1OC. The lowest BCUT2D eigenvalue weighted by atomic mass is 10.0. The van der Waals surface area contributed by atoms with E-state index >= 15 is 0 Å². The molecule has 0 bridgehead atoms. The Balaban J connectivity index is 2.61. The summed E-state index contributed by atoms with van der Waals surface area (Å²) in [6.45, 7) is 0. The summed E-state index contributed by atoms with van der Waals surface area (Å²) >= 11 is 0. The van der Waals surface area contributed by atoms with Crippen molar-refractivity contribution in [2.45, 2.75) is 0 Å². The van der Waals surface area contributed by atoms with Crippen molar-refractivity contribution < 1.29 is 19.3 Å². The van der Waals surface area contributed by atoms with Gasteiger partial charge in [-0.25, -0.2) is 0 Å². The molecule has 0 unspecified atom stereocenters. The van der Waals surface area contributed by atoms with Crippen molar-refractivity contribution in [3.63, 3.8) is 0 Å². The van der Waals surface area contributed by atoms with E-state index in [2.05, 4.69) is 0 Å². The number of ether oxygens (including phenoxy) is 2. The monoisotopic (exact) mass is 304 g/mol. The van der Waals surface area contributed by atoms with Crippen LogP contribution in [0.15, 0.2) is 36.4 Å². The zero-order valence-corrected chi connectivity index (χ0v) is 11.8. The molecule has 2 aromatic rings. The first-order chi connectivity index (χ1) is 10.5. The summed E-state index contributed by atoms with van der Waals surface area (Å²) in [7, 11) is 2.93. The van der Waals surface area contributed by atoms with Gasteiger partial charge in [-0.3, -0.25) is 20.2 Å². The highest BCUT2D eigenvalue weighted by atomic mass is 16.6. The molecule has 2 rings (SSSR count). The number of nitro benzene ring substituents is 2. The standard InChI is InChI=1S/C14H12N2O6/c1-21-13-6-3-9(7-14(13)22-2)11-5-4-10(15(17)18)8-12(11)16(19)20/h3-8H,1-2H3. The molecule has 0 spiro atoms. The highest BCUT2D eigenvalue weighted by Gasteiger charge is 2.21. The summed E-state index contributed by atoms with van der Waals surface area (Å²) in [5.41, 5.74) is 0.0770. The number of hydrogen-bond acceptors (Lipinski definition) is 6. The molecule has 0 heterocycles. The Labute approximate surface area is 125 Å². The van der Waals surface area contributed by atoms with Crippen molar-refractivity contribution in [3.05, 3.63) is 56.6 Å². The molecule has 0 aliphatic heterocycles. The second-order valence-electron chi connectivity index (χ2n) is 4.29. The van der Waals surface area contributed by atoms with E-state index in [1.165, 1.54) is 26.4 Å². The van der Waals surface area contributed by atoms with Crippen LogP contribution in [0.3, 0.4) is 0 Å². The van der Waals surface area contributed by atoms with Crippen LogP contribution in [0.4, 0.5) is 11.4 Å². The van der Waals surface area contributed by atoms with Gasteiger partial charge in [-0.05, 0) is 23.8 Å². The molecule has 114 valence electrons. The van der Waals surface area contributed by atoms with Gasteiger partial charge in [-0.1, -0.05) is 6.07 Å². The van der Waals surface area contributed by atoms with Gasteiger partial charge in [-0.2, -0.15) is 0 Å². The first-order valence-electron chi connectivity index (χ1n) is 6.13. The zero-order chi connectivity index (χ0) is 16.3. The van der Waals surface area contributed by atoms with E-state index in [4.69, 9.17) is 9.47 Å². The quantitative estimate of drug-likeness (QED) is 0.620. The highest BCUT2D eigenvalue weighted by molar-refractivity contribution is 5.77. The van der Waals surface area contributed by atoms with Crippen LogP contribution in [-0.4, -0.2) is 24.1 Å². The Kier molecular flexibility index (Phi) is 4.21. The Bertz CT molecular complexity index is 744. The molecule has 0 fully saturated rings. The van der Waals surface area contributed by atoms with E-state index in [0.717, 1.165) is 6.07 Å². The molecule has 22 heavy (non-hydrogen) atoms. The smallest absolute Gasteiger partial charge is 0.284 e. The first-order valence-corrected chi connectivity index (χ1v) is 6.13. The second-order valence-corrected chi connectivity index (χ2v) is 4.29. The summed E-state index contributed by atoms with van der Waals surface area (Å²) in [6, 6.07) is 8.31. The summed E-state index contributed by atoms with van der Waals surface area (Å²) in [6.07, 6.45) is 0. The van der Waals surface area contributed by atoms with Crippen molar-refractivity contribution in [1.29, 1.82) is 0 Å². The molecule has 0 saturated carbocycles. The van der Waals surface area contributed by atoms with E-state index in [1.54, 1.807) is 18.2 Å². The summed E-state index contributed by atoms with van der Waals surface area (Å²) in [4.78, 5) is 20.6. The number of benzene rings is 2. The van der Waals surface area contributed by atoms with Crippen molar-refractivity contribution in [2.24, 2.45) is 0 Å². The molecule has 2 aromatic carbocycles. The summed E-state index contributed by atoms with van der Waals surface area (Å²) in [5.74, 6) is 0.892. The first kappa shape index (κ1) is 15.2. The summed E-state index contributed by atoms with van der Waals surface area (Å²) in [5, 5.41) is 21.9. The normalized spacial score (nSPS) is 10.1. The number of methoxy groups -OCH3 is 2. The Morgan fingerprint density at radius 2 is 1.55 bits per heavy atom. The molecule has 0 N–H and O–H groups in total. The van der Waals surface area contributed by atoms with Gasteiger partial charge >= 0.3 is 0 Å². The number of hydrogen-bond donors (Lipinski definition) is 0. The van der Waals surface area contributed by atoms with E-state index in [1.807, 2.05) is 0 Å². The van der Waals surface area contributed by atoms with Crippen molar-refractivity contribution in [3.8, 4) is 22.6 Å². The van der Waals surface area contributed by atoms with Crippen LogP contribution in [0.1, 0.15) is 0 Å². The van der Waals surface area contributed by atoms with Gasteiger partial charge in [0.05, 0.1) is 35.7 Å². The fraction of sp³-hybridized carbons (Fsp3) is 0.143. The van der Waals surface area contributed by atoms with Gasteiger partial charge in [0, 0.05) is 6.07 Å². The summed E-state index contributed by atoms with van der Waals surface area (Å²) < 4.78 is 10.3. The van der Waals surface area contributed by atoms with Crippen LogP contribution < -0.4 is 9.47 Å². The van der Waals surface area contributed by atoms with Crippen LogP contribution in [0.25, 0.3) is 11.1 Å². The largest absolute Gasteiger partial charge is 0.493 e. The van der Waals surface area contributed by atoms with E-state index in [0.29, 0.717) is 17.1 Å². The van der Waals surface area contributed by atoms with E-state index < -0.39 is 9.85 Å². The average Bonchev–Trinajstić information content (AvgIpc) is 2.53. The fourth-order valence-corrected chi connectivity index (χ4v) is 2.03. The maximum Gasteiger partial charge on any atom is 0.284 e. The lowest BCUT2D eigenvalue weighted by Crippen LogP contribution is -1.96. The van der Waals surface area contributed by atoms with E-state index in [9.17, 15) is 20.2 Å². The molecule has 0 atom stereocenters. The van der Waals surface area contributed by atoms with Crippen molar-refractivity contribution in [2.75, 3.05) is 14.2 Å². The van der Waals surface area contributed by atoms with E-state index in [-0.39, 0.29) is 16.9 Å². The minimum Gasteiger partial charge on any atom is -0.493 e. The maximum absolute atomic E-state index is 11.2. The minimum atomic E-state index is -0.675. The maximum atomic E-state index is 11.2. The third-order valence-corrected chi connectivity index (χ3v) is 3.08. The molecular formula is C14H12N2O6. The second kappa shape index (κ2) is 6.08. The molecule has 8 heteroatoms. The van der Waals surface area contributed by atoms with Crippen molar-refractivity contribution in [1.82, 2.24) is 0 Å². The highest BCUT2D eigenvalue weighted by Crippen LogP contribution is 2.37. The molecule has 0 aliphatic carbocycles. The number of nitro groups is 2. The Morgan fingerprint density at radius 3 is 2.09 bits per heavy atom. The zero-order valence-electron chi connectivity index (χ0n) is 11.8. The van der Waals surface area contributed by atoms with Gasteiger partial charge in [0.15, 0.2) is 11.5 Å². The van der Waals surface area contributed by atoms with Gasteiger partial charge in [0.25, 0.3) is 11.4 Å². The number of rotatable bonds is 5. The molecule has 0 aliphatic rings. The molecule has 0 amide bonds. The predicted octanol–water partition coefficient (Wildman–Crippen LogP) is 3.19. The Morgan fingerprint density at radius 1 is 0.864 bits per heavy atom. The topological polar surface area (TPSA) is 105 Å². The van der Waals surface area contributed by atoms with Gasteiger partial charge in [0.2, 0.25) is 0 Å². The van der Waals surface area contributed by atoms with Crippen molar-refractivity contribution >= 4 is 11.4 Å². The molecule has 0 aromatic heterocycles. The van der Waals surface area contributed by atoms with Crippen LogP contribution in [0.5, 0.6) is 11.5 Å². The average molecular weight is 304 g/mol. The van der Waals surface area contributed by atoms with Gasteiger partial charge in [0.1, 0.15) is 0 Å². The molecule has 8 nitrogen and oxygen atoms in total. The van der Waals surface area contributed by atoms with Gasteiger partial charge in [-0.15, -0.1) is 0 Å². The Hall–Kier alpha value is -3.16. The molecule has 0 saturated heterocycles. The fourth-order valence-electron chi connectivity index (χ4n) is 2.03. The lowest BCUT2D eigenvalue weighted by molar-refractivity contribution is -0.393. The van der Waals surface area contributed by atoms with Gasteiger partial charge < -0.3 is 9.47 Å². The minimum absolute atomic E-state index is 0.261. The molecule has 0 radical (unpaired) electrons.